The number of carbonyl (C=O) groups is 2. The maximum atomic E-state index is 14.5. The van der Waals surface area contributed by atoms with Gasteiger partial charge in [-0.2, -0.15) is 0 Å². The van der Waals surface area contributed by atoms with Gasteiger partial charge in [0.05, 0.1) is 10.6 Å². The maximum absolute atomic E-state index is 14.5. The molecule has 45 heavy (non-hydrogen) atoms. The van der Waals surface area contributed by atoms with E-state index in [4.69, 9.17) is 23.2 Å². The lowest BCUT2D eigenvalue weighted by Gasteiger charge is -2.34. The molecule has 0 unspecified atom stereocenters. The van der Waals surface area contributed by atoms with E-state index in [1.165, 1.54) is 17.0 Å². The van der Waals surface area contributed by atoms with E-state index in [2.05, 4.69) is 21.2 Å². The Morgan fingerprint density at radius 1 is 0.889 bits per heavy atom. The Kier molecular flexibility index (Phi) is 12.1. The van der Waals surface area contributed by atoms with Gasteiger partial charge in [0.2, 0.25) is 11.8 Å². The summed E-state index contributed by atoms with van der Waals surface area (Å²) in [5.74, 6) is -0.938. The van der Waals surface area contributed by atoms with Crippen molar-refractivity contribution in [1.82, 2.24) is 10.2 Å². The zero-order chi connectivity index (χ0) is 32.6. The Labute approximate surface area is 283 Å². The van der Waals surface area contributed by atoms with Crippen molar-refractivity contribution < 1.29 is 18.0 Å². The van der Waals surface area contributed by atoms with Crippen LogP contribution in [0.5, 0.6) is 0 Å². The van der Waals surface area contributed by atoms with Gasteiger partial charge in [0.15, 0.2) is 0 Å². The topological polar surface area (TPSA) is 86.8 Å². The number of halogens is 3. The average Bonchev–Trinajstić information content (AvgIpc) is 3.03. The molecule has 0 aromatic heterocycles. The van der Waals surface area contributed by atoms with Crippen LogP contribution in [-0.2, 0) is 32.6 Å². The average molecular weight is 732 g/mol. The molecule has 2 amide bonds. The first-order chi connectivity index (χ1) is 21.5. The number of rotatable bonds is 13. The van der Waals surface area contributed by atoms with E-state index in [-0.39, 0.29) is 35.5 Å². The number of amides is 2. The molecule has 0 aliphatic carbocycles. The molecule has 0 heterocycles. The van der Waals surface area contributed by atoms with Crippen molar-refractivity contribution in [3.8, 4) is 0 Å². The Bertz CT molecular complexity index is 1730. The fraction of sp³-hybridized carbons (Fsp3) is 0.235. The second-order valence-corrected chi connectivity index (χ2v) is 14.2. The van der Waals surface area contributed by atoms with Gasteiger partial charge in [-0.1, -0.05) is 107 Å². The molecular weight excluding hydrogens is 697 g/mol. The van der Waals surface area contributed by atoms with Gasteiger partial charge in [-0.25, -0.2) is 8.42 Å². The molecule has 0 saturated carbocycles. The van der Waals surface area contributed by atoms with Crippen LogP contribution in [0.15, 0.2) is 112 Å². The predicted octanol–water partition coefficient (Wildman–Crippen LogP) is 7.51. The van der Waals surface area contributed by atoms with E-state index in [9.17, 15) is 18.0 Å². The molecule has 4 aromatic carbocycles. The van der Waals surface area contributed by atoms with Crippen LogP contribution in [0.3, 0.4) is 0 Å². The highest BCUT2D eigenvalue weighted by molar-refractivity contribution is 9.10. The number of benzene rings is 4. The smallest absolute Gasteiger partial charge is 0.264 e. The van der Waals surface area contributed by atoms with Crippen LogP contribution in [0.1, 0.15) is 31.4 Å². The van der Waals surface area contributed by atoms with Crippen LogP contribution in [0.25, 0.3) is 0 Å². The summed E-state index contributed by atoms with van der Waals surface area (Å²) in [6, 6.07) is 27.8. The molecule has 11 heteroatoms. The third-order valence-corrected chi connectivity index (χ3v) is 10.2. The van der Waals surface area contributed by atoms with Gasteiger partial charge in [0.25, 0.3) is 10.0 Å². The van der Waals surface area contributed by atoms with Gasteiger partial charge >= 0.3 is 0 Å². The van der Waals surface area contributed by atoms with Crippen LogP contribution >= 0.6 is 39.1 Å². The number of hydrogen-bond donors (Lipinski definition) is 1. The second kappa shape index (κ2) is 15.8. The van der Waals surface area contributed by atoms with Crippen molar-refractivity contribution in [3.63, 3.8) is 0 Å². The molecule has 1 N–H and O–H groups in total. The van der Waals surface area contributed by atoms with Crippen molar-refractivity contribution in [2.24, 2.45) is 0 Å². The first-order valence-corrected chi connectivity index (χ1v) is 17.4. The first-order valence-electron chi connectivity index (χ1n) is 14.4. The Hall–Kier alpha value is -3.37. The van der Waals surface area contributed by atoms with Gasteiger partial charge in [-0.15, -0.1) is 0 Å². The van der Waals surface area contributed by atoms with Crippen molar-refractivity contribution in [2.75, 3.05) is 10.8 Å². The lowest BCUT2D eigenvalue weighted by Crippen LogP contribution is -2.54. The summed E-state index contributed by atoms with van der Waals surface area (Å²) in [6.07, 6.45) is 0.884. The Morgan fingerprint density at radius 2 is 1.56 bits per heavy atom. The second-order valence-electron chi connectivity index (χ2n) is 10.6. The molecule has 0 radical (unpaired) electrons. The zero-order valence-corrected chi connectivity index (χ0v) is 28.8. The molecule has 4 rings (SSSR count). The van der Waals surface area contributed by atoms with Gasteiger partial charge in [0, 0.05) is 33.5 Å². The van der Waals surface area contributed by atoms with Crippen LogP contribution in [0.2, 0.25) is 10.0 Å². The number of nitrogens with zero attached hydrogens (tertiary/aromatic N) is 2. The summed E-state index contributed by atoms with van der Waals surface area (Å²) < 4.78 is 29.8. The van der Waals surface area contributed by atoms with Crippen molar-refractivity contribution >= 4 is 66.7 Å². The van der Waals surface area contributed by atoms with Gasteiger partial charge in [-0.3, -0.25) is 13.9 Å². The molecule has 236 valence electrons. The predicted molar refractivity (Wildman–Crippen MR) is 184 cm³/mol. The van der Waals surface area contributed by atoms with Crippen LogP contribution < -0.4 is 9.62 Å². The van der Waals surface area contributed by atoms with Gasteiger partial charge < -0.3 is 10.2 Å². The molecule has 0 spiro atoms. The summed E-state index contributed by atoms with van der Waals surface area (Å²) >= 11 is 16.1. The number of anilines is 1. The van der Waals surface area contributed by atoms with Gasteiger partial charge in [-0.05, 0) is 66.9 Å². The molecule has 2 atom stereocenters. The quantitative estimate of drug-likeness (QED) is 0.154. The van der Waals surface area contributed by atoms with Crippen molar-refractivity contribution in [3.05, 3.63) is 129 Å². The summed E-state index contributed by atoms with van der Waals surface area (Å²) in [5.41, 5.74) is 1.68. The summed E-state index contributed by atoms with van der Waals surface area (Å²) in [5, 5.41) is 3.76. The van der Waals surface area contributed by atoms with Crippen LogP contribution in [0, 0.1) is 0 Å². The fourth-order valence-corrected chi connectivity index (χ4v) is 6.99. The van der Waals surface area contributed by atoms with E-state index in [0.717, 1.165) is 9.87 Å². The number of sulfonamides is 1. The van der Waals surface area contributed by atoms with E-state index < -0.39 is 28.5 Å². The lowest BCUT2D eigenvalue weighted by atomic mass is 10.0. The van der Waals surface area contributed by atoms with Gasteiger partial charge in [0.1, 0.15) is 12.6 Å². The SMILES string of the molecule is CC[C@H](C)NC(=O)[C@@H](Cc1ccccc1)N(Cc1ccc(Cl)cc1Cl)C(=O)CN(c1cccc(Br)c1)S(=O)(=O)c1ccccc1. The molecule has 0 aliphatic heterocycles. The normalized spacial score (nSPS) is 12.6. The third kappa shape index (κ3) is 9.10. The maximum Gasteiger partial charge on any atom is 0.264 e. The van der Waals surface area contributed by atoms with E-state index in [1.54, 1.807) is 60.7 Å². The highest BCUT2D eigenvalue weighted by Crippen LogP contribution is 2.28. The monoisotopic (exact) mass is 729 g/mol. The summed E-state index contributed by atoms with van der Waals surface area (Å²) in [6.45, 7) is 3.22. The fourth-order valence-electron chi connectivity index (χ4n) is 4.71. The van der Waals surface area contributed by atoms with E-state index in [1.807, 2.05) is 44.2 Å². The first kappa shape index (κ1) is 34.5. The number of carbonyl (C=O) groups excluding carboxylic acids is 2. The molecule has 0 saturated heterocycles. The standard InChI is InChI=1S/C34H34BrCl2N3O4S/c1-3-24(2)38-34(42)32(19-25-11-6-4-7-12-25)39(22-26-17-18-28(36)21-31(26)37)33(41)23-40(29-14-10-13-27(35)20-29)45(43,44)30-15-8-5-9-16-30/h4-18,20-21,24,32H,3,19,22-23H2,1-2H3,(H,38,42)/t24-,32+/m0/s1. The lowest BCUT2D eigenvalue weighted by molar-refractivity contribution is -0.140. The number of nitrogens with one attached hydrogen (secondary N) is 1. The Morgan fingerprint density at radius 3 is 2.18 bits per heavy atom. The van der Waals surface area contributed by atoms with E-state index in [0.29, 0.717) is 26.5 Å². The van der Waals surface area contributed by atoms with Crippen LogP contribution in [0.4, 0.5) is 5.69 Å². The highest BCUT2D eigenvalue weighted by atomic mass is 79.9. The summed E-state index contributed by atoms with van der Waals surface area (Å²) in [7, 11) is -4.19. The van der Waals surface area contributed by atoms with Crippen molar-refractivity contribution in [1.29, 1.82) is 0 Å². The summed E-state index contributed by atoms with van der Waals surface area (Å²) in [4.78, 5) is 29.9. The Balaban J connectivity index is 1.82. The molecule has 4 aromatic rings. The number of hydrogen-bond acceptors (Lipinski definition) is 4. The molecular formula is C34H34BrCl2N3O4S. The molecule has 0 fully saturated rings. The third-order valence-electron chi connectivity index (χ3n) is 7.33. The highest BCUT2D eigenvalue weighted by Gasteiger charge is 2.35. The van der Waals surface area contributed by atoms with E-state index >= 15 is 0 Å². The molecule has 0 aliphatic rings. The van der Waals surface area contributed by atoms with Crippen LogP contribution in [-0.4, -0.2) is 43.8 Å². The minimum absolute atomic E-state index is 0.0282. The van der Waals surface area contributed by atoms with Crippen molar-refractivity contribution in [2.45, 2.75) is 50.2 Å². The zero-order valence-electron chi connectivity index (χ0n) is 24.9. The molecule has 7 nitrogen and oxygen atoms in total. The largest absolute Gasteiger partial charge is 0.352 e. The minimum atomic E-state index is -4.19. The molecule has 0 bridgehead atoms. The minimum Gasteiger partial charge on any atom is -0.352 e.